The molecule has 0 saturated carbocycles. The summed E-state index contributed by atoms with van der Waals surface area (Å²) >= 11 is 14.0. The molecule has 4 aromatic rings. The minimum absolute atomic E-state index is 0.346. The Bertz CT molecular complexity index is 1150. The van der Waals surface area contributed by atoms with Crippen LogP contribution >= 0.6 is 34.5 Å². The zero-order valence-electron chi connectivity index (χ0n) is 13.9. The van der Waals surface area contributed by atoms with Crippen LogP contribution in [0.15, 0.2) is 71.5 Å². The van der Waals surface area contributed by atoms with Gasteiger partial charge in [0.05, 0.1) is 26.8 Å². The summed E-state index contributed by atoms with van der Waals surface area (Å²) in [5, 5.41) is 21.1. The number of oxime groups is 1. The number of nitrogens with zero attached hydrogens (tertiary/aromatic N) is 2. The van der Waals surface area contributed by atoms with E-state index in [2.05, 4.69) is 15.5 Å². The van der Waals surface area contributed by atoms with Crippen LogP contribution in [0.4, 0.5) is 11.4 Å². The Labute approximate surface area is 169 Å². The van der Waals surface area contributed by atoms with E-state index in [1.54, 1.807) is 24.4 Å². The predicted molar refractivity (Wildman–Crippen MR) is 113 cm³/mol. The first-order chi connectivity index (χ1) is 13.2. The number of anilines is 2. The molecule has 0 radical (unpaired) electrons. The van der Waals surface area contributed by atoms with Crippen LogP contribution in [0.25, 0.3) is 10.8 Å². The Kier molecular flexibility index (Phi) is 4.99. The maximum atomic E-state index is 9.48. The van der Waals surface area contributed by atoms with Crippen LogP contribution < -0.4 is 5.32 Å². The largest absolute Gasteiger partial charge is 0.410 e. The molecule has 0 aliphatic rings. The zero-order chi connectivity index (χ0) is 18.8. The van der Waals surface area contributed by atoms with E-state index in [0.717, 1.165) is 22.1 Å². The Hall–Kier alpha value is -2.60. The highest BCUT2D eigenvalue weighted by Crippen LogP contribution is 2.31. The quantitative estimate of drug-likeness (QED) is 0.226. The smallest absolute Gasteiger partial charge is 0.130 e. The fraction of sp³-hybridized carbons (Fsp3) is 0. The molecule has 2 N–H and O–H groups in total. The zero-order valence-corrected chi connectivity index (χ0v) is 16.2. The van der Waals surface area contributed by atoms with Gasteiger partial charge in [-0.2, -0.15) is 0 Å². The van der Waals surface area contributed by atoms with Gasteiger partial charge in [0.1, 0.15) is 5.71 Å². The fourth-order valence-electron chi connectivity index (χ4n) is 2.84. The van der Waals surface area contributed by atoms with E-state index in [1.165, 1.54) is 11.3 Å². The topological polar surface area (TPSA) is 57.5 Å². The molecule has 2 aromatic carbocycles. The summed E-state index contributed by atoms with van der Waals surface area (Å²) in [5.74, 6) is 0. The molecule has 2 heterocycles. The summed E-state index contributed by atoms with van der Waals surface area (Å²) in [6.45, 7) is 0. The molecule has 2 aromatic heterocycles. The van der Waals surface area contributed by atoms with Gasteiger partial charge in [0, 0.05) is 28.2 Å². The molecule has 0 amide bonds. The van der Waals surface area contributed by atoms with Gasteiger partial charge in [-0.05, 0) is 29.6 Å². The summed E-state index contributed by atoms with van der Waals surface area (Å²) in [6.07, 6.45) is 3.60. The first kappa shape index (κ1) is 17.8. The number of rotatable bonds is 4. The van der Waals surface area contributed by atoms with Crippen molar-refractivity contribution < 1.29 is 5.21 Å². The molecule has 0 atom stereocenters. The minimum Gasteiger partial charge on any atom is -0.410 e. The highest BCUT2D eigenvalue weighted by Gasteiger charge is 2.16. The Morgan fingerprint density at radius 2 is 1.89 bits per heavy atom. The highest BCUT2D eigenvalue weighted by molar-refractivity contribution is 7.13. The molecule has 134 valence electrons. The van der Waals surface area contributed by atoms with Gasteiger partial charge >= 0.3 is 0 Å². The van der Waals surface area contributed by atoms with Crippen molar-refractivity contribution in [3.05, 3.63) is 86.8 Å². The van der Waals surface area contributed by atoms with Crippen LogP contribution in [-0.4, -0.2) is 15.9 Å². The number of thiophene rings is 1. The summed E-state index contributed by atoms with van der Waals surface area (Å²) in [5.41, 5.74) is 2.63. The van der Waals surface area contributed by atoms with Gasteiger partial charge in [-0.15, -0.1) is 11.3 Å². The van der Waals surface area contributed by atoms with E-state index < -0.39 is 0 Å². The number of aromatic nitrogens is 1. The number of pyridine rings is 1. The lowest BCUT2D eigenvalue weighted by Gasteiger charge is -2.12. The average Bonchev–Trinajstić information content (AvgIpc) is 3.10. The molecule has 7 heteroatoms. The third kappa shape index (κ3) is 3.49. The Morgan fingerprint density at radius 1 is 1.04 bits per heavy atom. The SMILES string of the molecule is O/N=C(/c1ccc(Nc2cncc3ccccc23)cc1Cl)c1sccc1Cl. The van der Waals surface area contributed by atoms with Crippen LogP contribution in [0.2, 0.25) is 10.0 Å². The molecule has 0 spiro atoms. The van der Waals surface area contributed by atoms with E-state index in [4.69, 9.17) is 23.2 Å². The molecular formula is C20H13Cl2N3OS. The van der Waals surface area contributed by atoms with Crippen molar-refractivity contribution in [2.75, 3.05) is 5.32 Å². The lowest BCUT2D eigenvalue weighted by molar-refractivity contribution is 0.320. The molecule has 27 heavy (non-hydrogen) atoms. The number of benzene rings is 2. The lowest BCUT2D eigenvalue weighted by Crippen LogP contribution is -2.03. The average molecular weight is 414 g/mol. The van der Waals surface area contributed by atoms with Gasteiger partial charge in [0.2, 0.25) is 0 Å². The van der Waals surface area contributed by atoms with E-state index in [1.807, 2.05) is 41.9 Å². The van der Waals surface area contributed by atoms with Crippen molar-refractivity contribution >= 4 is 62.4 Å². The molecule has 0 fully saturated rings. The number of fused-ring (bicyclic) bond motifs is 1. The van der Waals surface area contributed by atoms with Crippen LogP contribution in [-0.2, 0) is 0 Å². The second-order valence-electron chi connectivity index (χ2n) is 5.77. The van der Waals surface area contributed by atoms with E-state index >= 15 is 0 Å². The fourth-order valence-corrected chi connectivity index (χ4v) is 4.25. The first-order valence-corrected chi connectivity index (χ1v) is 9.66. The molecule has 0 bridgehead atoms. The van der Waals surface area contributed by atoms with Gasteiger partial charge < -0.3 is 10.5 Å². The summed E-state index contributed by atoms with van der Waals surface area (Å²) in [7, 11) is 0. The third-order valence-electron chi connectivity index (χ3n) is 4.10. The van der Waals surface area contributed by atoms with Crippen molar-refractivity contribution in [1.29, 1.82) is 0 Å². The normalized spacial score (nSPS) is 11.7. The van der Waals surface area contributed by atoms with Gasteiger partial charge in [-0.25, -0.2) is 0 Å². The van der Waals surface area contributed by atoms with E-state index in [-0.39, 0.29) is 0 Å². The number of hydrogen-bond donors (Lipinski definition) is 2. The molecule has 0 unspecified atom stereocenters. The molecule has 4 nitrogen and oxygen atoms in total. The van der Waals surface area contributed by atoms with Crippen molar-refractivity contribution in [3.63, 3.8) is 0 Å². The summed E-state index contributed by atoms with van der Waals surface area (Å²) in [4.78, 5) is 4.94. The standard InChI is InChI=1S/C20H13Cl2N3OS/c21-16-7-8-27-20(16)19(25-26)15-6-5-13(9-17(15)22)24-18-11-23-10-12-3-1-2-4-14(12)18/h1-11,24,26H/b25-19-. The molecule has 0 saturated heterocycles. The van der Waals surface area contributed by atoms with Crippen molar-refractivity contribution in [1.82, 2.24) is 4.98 Å². The Morgan fingerprint density at radius 3 is 2.63 bits per heavy atom. The molecular weight excluding hydrogens is 401 g/mol. The maximum Gasteiger partial charge on any atom is 0.130 e. The third-order valence-corrected chi connectivity index (χ3v) is 5.76. The first-order valence-electron chi connectivity index (χ1n) is 8.02. The monoisotopic (exact) mass is 413 g/mol. The molecule has 0 aliphatic carbocycles. The van der Waals surface area contributed by atoms with Gasteiger partial charge in [-0.3, -0.25) is 4.98 Å². The second-order valence-corrected chi connectivity index (χ2v) is 7.50. The highest BCUT2D eigenvalue weighted by atomic mass is 35.5. The molecule has 0 aliphatic heterocycles. The Balaban J connectivity index is 1.69. The second kappa shape index (κ2) is 7.56. The molecule has 4 rings (SSSR count). The minimum atomic E-state index is 0.346. The van der Waals surface area contributed by atoms with Crippen LogP contribution in [0.5, 0.6) is 0 Å². The summed E-state index contributed by atoms with van der Waals surface area (Å²) < 4.78 is 0. The van der Waals surface area contributed by atoms with Crippen LogP contribution in [0.3, 0.4) is 0 Å². The van der Waals surface area contributed by atoms with Crippen molar-refractivity contribution in [2.45, 2.75) is 0 Å². The predicted octanol–water partition coefficient (Wildman–Crippen LogP) is 6.57. The van der Waals surface area contributed by atoms with Crippen molar-refractivity contribution in [2.24, 2.45) is 5.16 Å². The van der Waals surface area contributed by atoms with Crippen LogP contribution in [0, 0.1) is 0 Å². The van der Waals surface area contributed by atoms with E-state index in [9.17, 15) is 5.21 Å². The maximum absolute atomic E-state index is 9.48. The van der Waals surface area contributed by atoms with Crippen LogP contribution in [0.1, 0.15) is 10.4 Å². The lowest BCUT2D eigenvalue weighted by atomic mass is 10.1. The summed E-state index contributed by atoms with van der Waals surface area (Å²) in [6, 6.07) is 15.2. The number of hydrogen-bond acceptors (Lipinski definition) is 5. The van der Waals surface area contributed by atoms with E-state index in [0.29, 0.717) is 26.2 Å². The van der Waals surface area contributed by atoms with Crippen molar-refractivity contribution in [3.8, 4) is 0 Å². The number of halogens is 2. The van der Waals surface area contributed by atoms with Gasteiger partial charge in [-0.1, -0.05) is 52.6 Å². The van der Waals surface area contributed by atoms with Gasteiger partial charge in [0.25, 0.3) is 0 Å². The number of nitrogens with one attached hydrogen (secondary N) is 1. The van der Waals surface area contributed by atoms with Gasteiger partial charge in [0.15, 0.2) is 0 Å².